The molecule has 0 aromatic carbocycles. The number of hydrogen-bond acceptors (Lipinski definition) is 4. The highest BCUT2D eigenvalue weighted by Crippen LogP contribution is 2.08. The quantitative estimate of drug-likeness (QED) is 0.700. The Morgan fingerprint density at radius 2 is 2.44 bits per heavy atom. The number of H-pyrrole nitrogens is 2. The summed E-state index contributed by atoms with van der Waals surface area (Å²) in [5.74, 6) is 0.264. The highest BCUT2D eigenvalue weighted by Gasteiger charge is 2.06. The first kappa shape index (κ1) is 10.2. The van der Waals surface area contributed by atoms with Gasteiger partial charge in [0.05, 0.1) is 18.5 Å². The fourth-order valence-corrected chi connectivity index (χ4v) is 1.30. The topological polar surface area (TPSA) is 99.9 Å². The third kappa shape index (κ3) is 1.88. The van der Waals surface area contributed by atoms with Crippen molar-refractivity contribution >= 4 is 22.9 Å². The minimum absolute atomic E-state index is 0.264. The average molecular weight is 222 g/mol. The number of rotatable bonds is 2. The molecule has 0 saturated heterocycles. The fourth-order valence-electron chi connectivity index (χ4n) is 1.30. The molecular weight excluding hydrogens is 212 g/mol. The Bertz CT molecular complexity index is 571. The Labute approximate surface area is 89.8 Å². The second kappa shape index (κ2) is 4.05. The van der Waals surface area contributed by atoms with Gasteiger partial charge in [-0.15, -0.1) is 0 Å². The molecule has 0 aliphatic carbocycles. The molecular formula is C9H10N4O3. The van der Waals surface area contributed by atoms with Crippen LogP contribution in [0.3, 0.4) is 0 Å². The largest absolute Gasteiger partial charge is 0.450 e. The summed E-state index contributed by atoms with van der Waals surface area (Å²) >= 11 is 0. The SMILES string of the molecule is CCOC(=O)Nc1cc2[nH]cnc2c(=O)[nH]1. The molecule has 2 aromatic heterocycles. The minimum Gasteiger partial charge on any atom is -0.450 e. The molecule has 3 N–H and O–H groups in total. The first-order chi connectivity index (χ1) is 7.70. The number of amides is 1. The van der Waals surface area contributed by atoms with E-state index in [1.54, 1.807) is 13.0 Å². The standard InChI is InChI=1S/C9H10N4O3/c1-2-16-9(15)13-6-3-5-7(8(14)12-6)11-4-10-5/h3-4H,2H2,1H3,(H,10,11)(H2,12,13,14,15). The molecule has 2 aromatic rings. The number of ether oxygens (including phenoxy) is 1. The van der Waals surface area contributed by atoms with Crippen LogP contribution in [-0.4, -0.2) is 27.7 Å². The number of hydrogen-bond donors (Lipinski definition) is 3. The Balaban J connectivity index is 2.31. The molecule has 0 spiro atoms. The first-order valence-electron chi connectivity index (χ1n) is 4.71. The number of aromatic nitrogens is 3. The monoisotopic (exact) mass is 222 g/mol. The molecule has 2 rings (SSSR count). The van der Waals surface area contributed by atoms with Gasteiger partial charge in [0.2, 0.25) is 0 Å². The molecule has 0 saturated carbocycles. The van der Waals surface area contributed by atoms with Gasteiger partial charge >= 0.3 is 6.09 Å². The molecule has 0 atom stereocenters. The van der Waals surface area contributed by atoms with Crippen molar-refractivity contribution in [2.75, 3.05) is 11.9 Å². The lowest BCUT2D eigenvalue weighted by Gasteiger charge is -2.04. The lowest BCUT2D eigenvalue weighted by Crippen LogP contribution is -2.17. The minimum atomic E-state index is -0.614. The third-order valence-corrected chi connectivity index (χ3v) is 1.93. The fraction of sp³-hybridized carbons (Fsp3) is 0.222. The summed E-state index contributed by atoms with van der Waals surface area (Å²) in [7, 11) is 0. The van der Waals surface area contributed by atoms with E-state index in [0.29, 0.717) is 11.0 Å². The van der Waals surface area contributed by atoms with Crippen molar-refractivity contribution in [1.82, 2.24) is 15.0 Å². The van der Waals surface area contributed by atoms with E-state index in [1.807, 2.05) is 0 Å². The summed E-state index contributed by atoms with van der Waals surface area (Å²) in [6.45, 7) is 1.96. The van der Waals surface area contributed by atoms with Crippen LogP contribution < -0.4 is 10.9 Å². The molecule has 7 nitrogen and oxygen atoms in total. The maximum absolute atomic E-state index is 11.5. The van der Waals surface area contributed by atoms with Crippen molar-refractivity contribution in [2.45, 2.75) is 6.92 Å². The van der Waals surface area contributed by atoms with Crippen LogP contribution >= 0.6 is 0 Å². The van der Waals surface area contributed by atoms with E-state index in [0.717, 1.165) is 0 Å². The molecule has 7 heteroatoms. The summed E-state index contributed by atoms with van der Waals surface area (Å²) in [6.07, 6.45) is 0.797. The number of nitrogens with zero attached hydrogens (tertiary/aromatic N) is 1. The highest BCUT2D eigenvalue weighted by molar-refractivity contribution is 5.86. The molecule has 84 valence electrons. The van der Waals surface area contributed by atoms with Crippen molar-refractivity contribution in [1.29, 1.82) is 0 Å². The second-order valence-corrected chi connectivity index (χ2v) is 3.02. The van der Waals surface area contributed by atoms with Gasteiger partial charge in [-0.3, -0.25) is 10.1 Å². The van der Waals surface area contributed by atoms with Gasteiger partial charge in [-0.05, 0) is 6.92 Å². The number of pyridine rings is 1. The van der Waals surface area contributed by atoms with E-state index in [4.69, 9.17) is 0 Å². The van der Waals surface area contributed by atoms with E-state index in [9.17, 15) is 9.59 Å². The van der Waals surface area contributed by atoms with E-state index in [1.165, 1.54) is 6.33 Å². The molecule has 2 heterocycles. The van der Waals surface area contributed by atoms with Crippen molar-refractivity contribution in [3.8, 4) is 0 Å². The van der Waals surface area contributed by atoms with Gasteiger partial charge in [0.15, 0.2) is 5.52 Å². The molecule has 16 heavy (non-hydrogen) atoms. The van der Waals surface area contributed by atoms with Crippen molar-refractivity contribution < 1.29 is 9.53 Å². The normalized spacial score (nSPS) is 10.3. The van der Waals surface area contributed by atoms with Crippen LogP contribution in [0.1, 0.15) is 6.92 Å². The van der Waals surface area contributed by atoms with Gasteiger partial charge in [0.25, 0.3) is 5.56 Å². The van der Waals surface area contributed by atoms with Crippen LogP contribution in [0.25, 0.3) is 11.0 Å². The zero-order valence-corrected chi connectivity index (χ0v) is 8.53. The van der Waals surface area contributed by atoms with E-state index >= 15 is 0 Å². The summed E-state index contributed by atoms with van der Waals surface area (Å²) in [5, 5.41) is 2.40. The summed E-state index contributed by atoms with van der Waals surface area (Å²) < 4.78 is 4.68. The lowest BCUT2D eigenvalue weighted by molar-refractivity contribution is 0.168. The number of imidazole rings is 1. The Morgan fingerprint density at radius 3 is 3.19 bits per heavy atom. The Kier molecular flexibility index (Phi) is 2.59. The predicted octanol–water partition coefficient (Wildman–Crippen LogP) is 0.820. The number of nitrogens with one attached hydrogen (secondary N) is 3. The summed E-state index contributed by atoms with van der Waals surface area (Å²) in [6, 6.07) is 1.57. The number of carbonyl (C=O) groups is 1. The molecule has 0 radical (unpaired) electrons. The van der Waals surface area contributed by atoms with Crippen LogP contribution in [-0.2, 0) is 4.74 Å². The van der Waals surface area contributed by atoms with Crippen molar-refractivity contribution in [2.24, 2.45) is 0 Å². The van der Waals surface area contributed by atoms with Crippen molar-refractivity contribution in [3.63, 3.8) is 0 Å². The zero-order valence-electron chi connectivity index (χ0n) is 8.53. The summed E-state index contributed by atoms with van der Waals surface area (Å²) in [5.41, 5.74) is 0.482. The molecule has 0 aliphatic heterocycles. The Morgan fingerprint density at radius 1 is 1.62 bits per heavy atom. The number of aromatic amines is 2. The van der Waals surface area contributed by atoms with Crippen LogP contribution in [0.15, 0.2) is 17.2 Å². The maximum atomic E-state index is 11.5. The van der Waals surface area contributed by atoms with Crippen molar-refractivity contribution in [3.05, 3.63) is 22.7 Å². The van der Waals surface area contributed by atoms with Gasteiger partial charge < -0.3 is 14.7 Å². The highest BCUT2D eigenvalue weighted by atomic mass is 16.5. The molecule has 0 bridgehead atoms. The molecule has 0 aliphatic rings. The van der Waals surface area contributed by atoms with Gasteiger partial charge in [0.1, 0.15) is 5.82 Å². The maximum Gasteiger partial charge on any atom is 0.412 e. The molecule has 0 unspecified atom stereocenters. The van der Waals surface area contributed by atoms with E-state index < -0.39 is 6.09 Å². The van der Waals surface area contributed by atoms with Crippen LogP contribution in [0.5, 0.6) is 0 Å². The van der Waals surface area contributed by atoms with Gasteiger partial charge in [0, 0.05) is 6.07 Å². The Hall–Kier alpha value is -2.31. The molecule has 0 fully saturated rings. The third-order valence-electron chi connectivity index (χ3n) is 1.93. The first-order valence-corrected chi connectivity index (χ1v) is 4.71. The zero-order chi connectivity index (χ0) is 11.5. The van der Waals surface area contributed by atoms with Gasteiger partial charge in [-0.1, -0.05) is 0 Å². The van der Waals surface area contributed by atoms with Crippen LogP contribution in [0.2, 0.25) is 0 Å². The van der Waals surface area contributed by atoms with Crippen LogP contribution in [0, 0.1) is 0 Å². The summed E-state index contributed by atoms with van der Waals surface area (Å²) in [4.78, 5) is 31.7. The molecule has 1 amide bonds. The number of fused-ring (bicyclic) bond motifs is 1. The number of anilines is 1. The smallest absolute Gasteiger partial charge is 0.412 e. The van der Waals surface area contributed by atoms with Gasteiger partial charge in [-0.2, -0.15) is 0 Å². The van der Waals surface area contributed by atoms with E-state index in [2.05, 4.69) is 25.0 Å². The van der Waals surface area contributed by atoms with E-state index in [-0.39, 0.29) is 18.0 Å². The predicted molar refractivity (Wildman–Crippen MR) is 57.4 cm³/mol. The van der Waals surface area contributed by atoms with Gasteiger partial charge in [-0.25, -0.2) is 9.78 Å². The lowest BCUT2D eigenvalue weighted by atomic mass is 10.4. The average Bonchev–Trinajstić information content (AvgIpc) is 2.66. The van der Waals surface area contributed by atoms with Crippen LogP contribution in [0.4, 0.5) is 10.6 Å². The second-order valence-electron chi connectivity index (χ2n) is 3.02. The number of carbonyl (C=O) groups excluding carboxylic acids is 1.